The Morgan fingerprint density at radius 2 is 1.96 bits per heavy atom. The standard InChI is InChI=1S/C17H15N3O4/c1-2-10-23-15-8-6-12(7-9-15)17-18-16(19-24-17)13-4-3-5-14(11-13)20(21)22/h3-9,11H,2,10H2,1H3. The second kappa shape index (κ2) is 6.91. The Hall–Kier alpha value is -3.22. The quantitative estimate of drug-likeness (QED) is 0.500. The van der Waals surface area contributed by atoms with Gasteiger partial charge in [0.15, 0.2) is 0 Å². The molecule has 0 atom stereocenters. The molecule has 7 heteroatoms. The van der Waals surface area contributed by atoms with Gasteiger partial charge in [-0.1, -0.05) is 24.2 Å². The van der Waals surface area contributed by atoms with Crippen LogP contribution >= 0.6 is 0 Å². The van der Waals surface area contributed by atoms with Gasteiger partial charge in [-0.15, -0.1) is 0 Å². The number of ether oxygens (including phenoxy) is 1. The third-order valence-electron chi connectivity index (χ3n) is 3.32. The van der Waals surface area contributed by atoms with Crippen molar-refractivity contribution >= 4 is 5.69 Å². The van der Waals surface area contributed by atoms with E-state index in [1.807, 2.05) is 31.2 Å². The molecule has 1 heterocycles. The lowest BCUT2D eigenvalue weighted by Crippen LogP contribution is -1.94. The first kappa shape index (κ1) is 15.7. The smallest absolute Gasteiger partial charge is 0.270 e. The number of benzene rings is 2. The largest absolute Gasteiger partial charge is 0.494 e. The summed E-state index contributed by atoms with van der Waals surface area (Å²) in [4.78, 5) is 14.7. The second-order valence-corrected chi connectivity index (χ2v) is 5.10. The molecule has 0 saturated heterocycles. The molecule has 2 aromatic carbocycles. The summed E-state index contributed by atoms with van der Waals surface area (Å²) in [5.74, 6) is 1.43. The Morgan fingerprint density at radius 3 is 2.67 bits per heavy atom. The van der Waals surface area contributed by atoms with E-state index in [1.165, 1.54) is 12.1 Å². The van der Waals surface area contributed by atoms with Crippen LogP contribution in [-0.4, -0.2) is 21.7 Å². The molecule has 122 valence electrons. The summed E-state index contributed by atoms with van der Waals surface area (Å²) >= 11 is 0. The second-order valence-electron chi connectivity index (χ2n) is 5.10. The molecule has 0 bridgehead atoms. The number of nitro benzene ring substituents is 1. The van der Waals surface area contributed by atoms with Gasteiger partial charge in [-0.25, -0.2) is 0 Å². The Kier molecular flexibility index (Phi) is 4.51. The van der Waals surface area contributed by atoms with Gasteiger partial charge in [0, 0.05) is 23.3 Å². The van der Waals surface area contributed by atoms with Crippen molar-refractivity contribution in [3.63, 3.8) is 0 Å². The molecule has 0 unspecified atom stereocenters. The molecule has 24 heavy (non-hydrogen) atoms. The third kappa shape index (κ3) is 3.40. The number of nitrogens with zero attached hydrogens (tertiary/aromatic N) is 3. The average Bonchev–Trinajstić information content (AvgIpc) is 3.10. The van der Waals surface area contributed by atoms with E-state index in [0.29, 0.717) is 23.9 Å². The number of nitro groups is 1. The van der Waals surface area contributed by atoms with Crippen LogP contribution < -0.4 is 4.74 Å². The molecule has 0 N–H and O–H groups in total. The molecule has 3 rings (SSSR count). The highest BCUT2D eigenvalue weighted by Gasteiger charge is 2.13. The van der Waals surface area contributed by atoms with E-state index in [9.17, 15) is 10.1 Å². The summed E-state index contributed by atoms with van der Waals surface area (Å²) in [7, 11) is 0. The van der Waals surface area contributed by atoms with Gasteiger partial charge in [-0.3, -0.25) is 10.1 Å². The maximum Gasteiger partial charge on any atom is 0.270 e. The molecule has 3 aromatic rings. The molecule has 0 spiro atoms. The highest BCUT2D eigenvalue weighted by Crippen LogP contribution is 2.26. The summed E-state index contributed by atoms with van der Waals surface area (Å²) in [5.41, 5.74) is 1.27. The predicted molar refractivity (Wildman–Crippen MR) is 87.6 cm³/mol. The highest BCUT2D eigenvalue weighted by atomic mass is 16.6. The molecular formula is C17H15N3O4. The van der Waals surface area contributed by atoms with Gasteiger partial charge in [0.05, 0.1) is 11.5 Å². The van der Waals surface area contributed by atoms with E-state index < -0.39 is 4.92 Å². The number of non-ortho nitro benzene ring substituents is 1. The number of aromatic nitrogens is 2. The van der Waals surface area contributed by atoms with Gasteiger partial charge in [0.25, 0.3) is 11.6 Å². The van der Waals surface area contributed by atoms with Crippen LogP contribution in [0, 0.1) is 10.1 Å². The van der Waals surface area contributed by atoms with Crippen LogP contribution in [0.15, 0.2) is 53.1 Å². The van der Waals surface area contributed by atoms with Crippen molar-refractivity contribution in [2.24, 2.45) is 0 Å². The van der Waals surface area contributed by atoms with Crippen molar-refractivity contribution < 1.29 is 14.2 Å². The zero-order chi connectivity index (χ0) is 16.9. The molecule has 7 nitrogen and oxygen atoms in total. The third-order valence-corrected chi connectivity index (χ3v) is 3.32. The van der Waals surface area contributed by atoms with Crippen molar-refractivity contribution in [2.75, 3.05) is 6.61 Å². The van der Waals surface area contributed by atoms with E-state index in [0.717, 1.165) is 17.7 Å². The van der Waals surface area contributed by atoms with Crippen LogP contribution in [0.4, 0.5) is 5.69 Å². The lowest BCUT2D eigenvalue weighted by atomic mass is 10.2. The first-order valence-electron chi connectivity index (χ1n) is 7.49. The Labute approximate surface area is 138 Å². The maximum absolute atomic E-state index is 10.8. The fourth-order valence-corrected chi connectivity index (χ4v) is 2.13. The Balaban J connectivity index is 1.82. The summed E-state index contributed by atoms with van der Waals surface area (Å²) in [5, 5.41) is 14.7. The molecule has 0 saturated carbocycles. The molecule has 1 aromatic heterocycles. The lowest BCUT2D eigenvalue weighted by Gasteiger charge is -2.03. The molecule has 0 aliphatic carbocycles. The molecular weight excluding hydrogens is 310 g/mol. The Morgan fingerprint density at radius 1 is 1.17 bits per heavy atom. The summed E-state index contributed by atoms with van der Waals surface area (Å²) < 4.78 is 10.8. The monoisotopic (exact) mass is 325 g/mol. The van der Waals surface area contributed by atoms with Crippen LogP contribution in [0.3, 0.4) is 0 Å². The first-order chi connectivity index (χ1) is 11.7. The molecule has 0 fully saturated rings. The molecule has 0 aliphatic heterocycles. The van der Waals surface area contributed by atoms with Crippen molar-refractivity contribution in [2.45, 2.75) is 13.3 Å². The van der Waals surface area contributed by atoms with Gasteiger partial charge in [-0.2, -0.15) is 4.98 Å². The molecule has 0 radical (unpaired) electrons. The van der Waals surface area contributed by atoms with Crippen molar-refractivity contribution in [3.8, 4) is 28.6 Å². The van der Waals surface area contributed by atoms with Crippen LogP contribution in [0.25, 0.3) is 22.8 Å². The summed E-state index contributed by atoms with van der Waals surface area (Å²) in [6.07, 6.45) is 0.942. The van der Waals surface area contributed by atoms with Crippen LogP contribution in [0.5, 0.6) is 5.75 Å². The minimum absolute atomic E-state index is 0.0173. The minimum Gasteiger partial charge on any atom is -0.494 e. The Bertz CT molecular complexity index is 843. The molecule has 0 aliphatic rings. The highest BCUT2D eigenvalue weighted by molar-refractivity contribution is 5.62. The fraction of sp³-hybridized carbons (Fsp3) is 0.176. The van der Waals surface area contributed by atoms with Crippen molar-refractivity contribution in [3.05, 3.63) is 58.6 Å². The normalized spacial score (nSPS) is 10.5. The first-order valence-corrected chi connectivity index (χ1v) is 7.49. The SMILES string of the molecule is CCCOc1ccc(-c2nc(-c3cccc([N+](=O)[O-])c3)no2)cc1. The zero-order valence-electron chi connectivity index (χ0n) is 13.0. The van der Waals surface area contributed by atoms with E-state index in [1.54, 1.807) is 12.1 Å². The zero-order valence-corrected chi connectivity index (χ0v) is 13.0. The van der Waals surface area contributed by atoms with Gasteiger partial charge in [0.2, 0.25) is 5.82 Å². The summed E-state index contributed by atoms with van der Waals surface area (Å²) in [6.45, 7) is 2.71. The fourth-order valence-electron chi connectivity index (χ4n) is 2.13. The van der Waals surface area contributed by atoms with Gasteiger partial charge in [-0.05, 0) is 30.7 Å². The van der Waals surface area contributed by atoms with Crippen molar-refractivity contribution in [1.29, 1.82) is 0 Å². The van der Waals surface area contributed by atoms with Gasteiger partial charge < -0.3 is 9.26 Å². The van der Waals surface area contributed by atoms with E-state index >= 15 is 0 Å². The van der Waals surface area contributed by atoms with Crippen LogP contribution in [0.1, 0.15) is 13.3 Å². The minimum atomic E-state index is -0.459. The number of hydrogen-bond donors (Lipinski definition) is 0. The lowest BCUT2D eigenvalue weighted by molar-refractivity contribution is -0.384. The van der Waals surface area contributed by atoms with E-state index in [-0.39, 0.29) is 5.69 Å². The van der Waals surface area contributed by atoms with E-state index in [4.69, 9.17) is 9.26 Å². The van der Waals surface area contributed by atoms with Crippen molar-refractivity contribution in [1.82, 2.24) is 10.1 Å². The number of hydrogen-bond acceptors (Lipinski definition) is 6. The molecule has 0 amide bonds. The van der Waals surface area contributed by atoms with E-state index in [2.05, 4.69) is 10.1 Å². The van der Waals surface area contributed by atoms with Gasteiger partial charge in [0.1, 0.15) is 5.75 Å². The van der Waals surface area contributed by atoms with Crippen LogP contribution in [0.2, 0.25) is 0 Å². The topological polar surface area (TPSA) is 91.3 Å². The summed E-state index contributed by atoms with van der Waals surface area (Å²) in [6, 6.07) is 13.4. The van der Waals surface area contributed by atoms with Gasteiger partial charge >= 0.3 is 0 Å². The predicted octanol–water partition coefficient (Wildman–Crippen LogP) is 4.10. The number of rotatable bonds is 6. The average molecular weight is 325 g/mol. The maximum atomic E-state index is 10.8. The van der Waals surface area contributed by atoms with Crippen LogP contribution in [-0.2, 0) is 0 Å².